The zero-order valence-electron chi connectivity index (χ0n) is 14.6. The molecule has 1 fully saturated rings. The standard InChI is InChI=1S/C19H21N3O3S/c1-22-15-12-20-18(21-13-7-3-2-4-8-13)11-17(15)26(24,25)16-10-6-5-9-14(16)19(22)23/h5-6,9-13H,2-4,7-8H2,1H3,(H,20,21). The molecule has 136 valence electrons. The number of benzene rings is 1. The average molecular weight is 371 g/mol. The van der Waals surface area contributed by atoms with Crippen molar-refractivity contribution in [1.29, 1.82) is 0 Å². The van der Waals surface area contributed by atoms with Crippen molar-refractivity contribution in [3.63, 3.8) is 0 Å². The van der Waals surface area contributed by atoms with Gasteiger partial charge < -0.3 is 10.2 Å². The second kappa shape index (κ2) is 6.39. The van der Waals surface area contributed by atoms with Crippen LogP contribution in [-0.4, -0.2) is 32.4 Å². The molecule has 0 spiro atoms. The van der Waals surface area contributed by atoms with Gasteiger partial charge in [-0.1, -0.05) is 31.4 Å². The topological polar surface area (TPSA) is 79.4 Å². The number of carbonyl (C=O) groups is 1. The van der Waals surface area contributed by atoms with Crippen LogP contribution >= 0.6 is 0 Å². The molecule has 1 aromatic carbocycles. The van der Waals surface area contributed by atoms with Crippen molar-refractivity contribution >= 4 is 27.2 Å². The Morgan fingerprint density at radius 1 is 1.12 bits per heavy atom. The summed E-state index contributed by atoms with van der Waals surface area (Å²) in [6.07, 6.45) is 7.19. The lowest BCUT2D eigenvalue weighted by atomic mass is 9.95. The van der Waals surface area contributed by atoms with E-state index in [4.69, 9.17) is 0 Å². The summed E-state index contributed by atoms with van der Waals surface area (Å²) in [6.45, 7) is 0. The van der Waals surface area contributed by atoms with E-state index in [0.717, 1.165) is 12.8 Å². The highest BCUT2D eigenvalue weighted by molar-refractivity contribution is 7.91. The molecule has 1 aliphatic carbocycles. The summed E-state index contributed by atoms with van der Waals surface area (Å²) in [5, 5.41) is 3.36. The Kier molecular flexibility index (Phi) is 4.19. The zero-order valence-corrected chi connectivity index (χ0v) is 15.4. The number of nitrogens with one attached hydrogen (secondary N) is 1. The van der Waals surface area contributed by atoms with E-state index >= 15 is 0 Å². The van der Waals surface area contributed by atoms with Crippen molar-refractivity contribution in [3.05, 3.63) is 42.1 Å². The third kappa shape index (κ3) is 2.76. The quantitative estimate of drug-likeness (QED) is 0.877. The maximum atomic E-state index is 13.2. The first kappa shape index (κ1) is 17.0. The highest BCUT2D eigenvalue weighted by atomic mass is 32.2. The van der Waals surface area contributed by atoms with Crippen LogP contribution in [0.2, 0.25) is 0 Å². The minimum Gasteiger partial charge on any atom is -0.367 e. The van der Waals surface area contributed by atoms with Crippen molar-refractivity contribution in [2.75, 3.05) is 17.3 Å². The third-order valence-corrected chi connectivity index (χ3v) is 7.01. The molecule has 0 saturated heterocycles. The van der Waals surface area contributed by atoms with E-state index in [-0.39, 0.29) is 21.3 Å². The van der Waals surface area contributed by atoms with E-state index in [9.17, 15) is 13.2 Å². The van der Waals surface area contributed by atoms with Crippen LogP contribution in [0.1, 0.15) is 42.5 Å². The summed E-state index contributed by atoms with van der Waals surface area (Å²) in [5.41, 5.74) is 0.494. The Morgan fingerprint density at radius 2 is 1.85 bits per heavy atom. The average Bonchev–Trinajstić information content (AvgIpc) is 2.72. The molecule has 2 aliphatic rings. The fourth-order valence-corrected chi connectivity index (χ4v) is 5.39. The van der Waals surface area contributed by atoms with Crippen molar-refractivity contribution in [2.45, 2.75) is 47.9 Å². The van der Waals surface area contributed by atoms with Gasteiger partial charge in [0.05, 0.1) is 22.3 Å². The van der Waals surface area contributed by atoms with Gasteiger partial charge in [-0.05, 0) is 25.0 Å². The van der Waals surface area contributed by atoms with Crippen molar-refractivity contribution < 1.29 is 13.2 Å². The van der Waals surface area contributed by atoms with E-state index in [2.05, 4.69) is 10.3 Å². The molecular formula is C19H21N3O3S. The van der Waals surface area contributed by atoms with E-state index in [1.807, 2.05) is 0 Å². The number of anilines is 2. The monoisotopic (exact) mass is 371 g/mol. The lowest BCUT2D eigenvalue weighted by Crippen LogP contribution is -2.26. The molecule has 1 aromatic heterocycles. The molecule has 7 heteroatoms. The fraction of sp³-hybridized carbons (Fsp3) is 0.368. The predicted octanol–water partition coefficient (Wildman–Crippen LogP) is 3.25. The molecule has 1 aliphatic heterocycles. The summed E-state index contributed by atoms with van der Waals surface area (Å²) >= 11 is 0. The molecule has 2 heterocycles. The van der Waals surface area contributed by atoms with Crippen molar-refractivity contribution in [2.24, 2.45) is 0 Å². The van der Waals surface area contributed by atoms with Gasteiger partial charge in [-0.25, -0.2) is 13.4 Å². The normalized spacial score (nSPS) is 19.4. The first-order chi connectivity index (χ1) is 12.5. The number of amides is 1. The summed E-state index contributed by atoms with van der Waals surface area (Å²) in [7, 11) is -2.23. The smallest absolute Gasteiger partial charge is 0.259 e. The molecule has 6 nitrogen and oxygen atoms in total. The minimum atomic E-state index is -3.81. The summed E-state index contributed by atoms with van der Waals surface area (Å²) < 4.78 is 26.4. The van der Waals surface area contributed by atoms with Crippen LogP contribution < -0.4 is 10.2 Å². The molecule has 1 amide bonds. The van der Waals surface area contributed by atoms with Gasteiger partial charge in [0.1, 0.15) is 10.7 Å². The van der Waals surface area contributed by atoms with Crippen LogP contribution in [-0.2, 0) is 9.84 Å². The second-order valence-electron chi connectivity index (χ2n) is 6.88. The van der Waals surface area contributed by atoms with E-state index < -0.39 is 9.84 Å². The van der Waals surface area contributed by atoms with Crippen molar-refractivity contribution in [3.8, 4) is 0 Å². The number of nitrogens with zero attached hydrogens (tertiary/aromatic N) is 2. The van der Waals surface area contributed by atoms with E-state index in [1.165, 1.54) is 36.4 Å². The maximum Gasteiger partial charge on any atom is 0.259 e. The SMILES string of the molecule is CN1C(=O)c2ccccc2S(=O)(=O)c2cc(NC3CCCCC3)ncc21. The number of rotatable bonds is 2. The maximum absolute atomic E-state index is 13.2. The van der Waals surface area contributed by atoms with Crippen LogP contribution in [0.3, 0.4) is 0 Å². The molecule has 26 heavy (non-hydrogen) atoms. The van der Waals surface area contributed by atoms with Gasteiger partial charge in [-0.15, -0.1) is 0 Å². The van der Waals surface area contributed by atoms with Gasteiger partial charge in [-0.2, -0.15) is 0 Å². The van der Waals surface area contributed by atoms with Crippen LogP contribution in [0.25, 0.3) is 0 Å². The lowest BCUT2D eigenvalue weighted by molar-refractivity contribution is 0.0990. The molecular weight excluding hydrogens is 350 g/mol. The van der Waals surface area contributed by atoms with Crippen LogP contribution in [0.15, 0.2) is 46.3 Å². The molecule has 0 bridgehead atoms. The summed E-state index contributed by atoms with van der Waals surface area (Å²) in [4.78, 5) is 18.6. The van der Waals surface area contributed by atoms with Gasteiger partial charge in [0.25, 0.3) is 5.91 Å². The summed E-state index contributed by atoms with van der Waals surface area (Å²) in [5.74, 6) is 0.192. The number of hydrogen-bond donors (Lipinski definition) is 1. The molecule has 4 rings (SSSR count). The van der Waals surface area contributed by atoms with E-state index in [0.29, 0.717) is 17.5 Å². The molecule has 2 aromatic rings. The number of hydrogen-bond acceptors (Lipinski definition) is 5. The Hall–Kier alpha value is -2.41. The van der Waals surface area contributed by atoms with Crippen LogP contribution in [0.5, 0.6) is 0 Å². The molecule has 0 atom stereocenters. The first-order valence-corrected chi connectivity index (χ1v) is 10.4. The highest BCUT2D eigenvalue weighted by Crippen LogP contribution is 2.37. The zero-order chi connectivity index (χ0) is 18.3. The van der Waals surface area contributed by atoms with Crippen LogP contribution in [0.4, 0.5) is 11.5 Å². The van der Waals surface area contributed by atoms with Crippen molar-refractivity contribution in [1.82, 2.24) is 4.98 Å². The molecule has 0 unspecified atom stereocenters. The van der Waals surface area contributed by atoms with Gasteiger partial charge >= 0.3 is 0 Å². The number of pyridine rings is 1. The van der Waals surface area contributed by atoms with Gasteiger partial charge in [0.2, 0.25) is 9.84 Å². The van der Waals surface area contributed by atoms with Gasteiger partial charge in [0, 0.05) is 19.2 Å². The predicted molar refractivity (Wildman–Crippen MR) is 99.4 cm³/mol. The number of sulfone groups is 1. The number of carbonyl (C=O) groups excluding carboxylic acids is 1. The van der Waals surface area contributed by atoms with Gasteiger partial charge in [-0.3, -0.25) is 4.79 Å². The van der Waals surface area contributed by atoms with Gasteiger partial charge in [0.15, 0.2) is 0 Å². The molecule has 0 radical (unpaired) electrons. The molecule has 1 saturated carbocycles. The number of aromatic nitrogens is 1. The first-order valence-electron chi connectivity index (χ1n) is 8.87. The number of fused-ring (bicyclic) bond motifs is 2. The second-order valence-corrected chi connectivity index (χ2v) is 8.77. The highest BCUT2D eigenvalue weighted by Gasteiger charge is 2.34. The third-order valence-electron chi connectivity index (χ3n) is 5.17. The Morgan fingerprint density at radius 3 is 2.62 bits per heavy atom. The Labute approximate surface area is 153 Å². The summed E-state index contributed by atoms with van der Waals surface area (Å²) in [6, 6.07) is 8.22. The Balaban J connectivity index is 1.81. The fourth-order valence-electron chi connectivity index (χ4n) is 3.72. The molecule has 1 N–H and O–H groups in total. The van der Waals surface area contributed by atoms with E-state index in [1.54, 1.807) is 31.3 Å². The van der Waals surface area contributed by atoms with Crippen LogP contribution in [0, 0.1) is 0 Å². The lowest BCUT2D eigenvalue weighted by Gasteiger charge is -2.24. The Bertz CT molecular complexity index is 966. The largest absolute Gasteiger partial charge is 0.367 e. The minimum absolute atomic E-state index is 0.0467.